The number of aryl methyl sites for hydroxylation is 1. The molecule has 2 aromatic rings. The van der Waals surface area contributed by atoms with Crippen molar-refractivity contribution in [3.63, 3.8) is 0 Å². The maximum Gasteiger partial charge on any atom is 0.253 e. The van der Waals surface area contributed by atoms with E-state index in [1.807, 2.05) is 32.2 Å². The molecule has 1 aromatic heterocycles. The normalized spacial score (nSPS) is 10.7. The number of halogens is 1. The van der Waals surface area contributed by atoms with Crippen molar-refractivity contribution in [3.8, 4) is 5.75 Å². The van der Waals surface area contributed by atoms with Crippen LogP contribution in [0.4, 0.5) is 0 Å². The van der Waals surface area contributed by atoms with E-state index in [-0.39, 0.29) is 6.61 Å². The van der Waals surface area contributed by atoms with Crippen LogP contribution in [0.5, 0.6) is 5.75 Å². The summed E-state index contributed by atoms with van der Waals surface area (Å²) in [7, 11) is 1.91. The molecule has 6 heteroatoms. The summed E-state index contributed by atoms with van der Waals surface area (Å²) in [5.74, 6) is 1.91. The van der Waals surface area contributed by atoms with E-state index in [1.54, 1.807) is 0 Å². The molecule has 5 nitrogen and oxygen atoms in total. The average Bonchev–Trinajstić information content (AvgIpc) is 2.88. The van der Waals surface area contributed by atoms with E-state index >= 15 is 0 Å². The van der Waals surface area contributed by atoms with Crippen LogP contribution in [0, 0.1) is 0 Å². The number of nitrogens with one attached hydrogen (secondary N) is 1. The minimum Gasteiger partial charge on any atom is -0.484 e. The van der Waals surface area contributed by atoms with Crippen molar-refractivity contribution in [2.24, 2.45) is 0 Å². The predicted molar refractivity (Wildman–Crippen MR) is 74.9 cm³/mol. The van der Waals surface area contributed by atoms with Gasteiger partial charge in [0.15, 0.2) is 6.61 Å². The largest absolute Gasteiger partial charge is 0.484 e. The quantitative estimate of drug-likeness (QED) is 0.884. The first kappa shape index (κ1) is 14.0. The molecule has 0 saturated heterocycles. The highest BCUT2D eigenvalue weighted by molar-refractivity contribution is 9.10. The molecule has 0 aliphatic rings. The monoisotopic (exact) mass is 325 g/mol. The van der Waals surface area contributed by atoms with Gasteiger partial charge in [0.1, 0.15) is 5.75 Å². The van der Waals surface area contributed by atoms with Gasteiger partial charge < -0.3 is 14.5 Å². The van der Waals surface area contributed by atoms with Crippen molar-refractivity contribution < 1.29 is 9.15 Å². The zero-order valence-corrected chi connectivity index (χ0v) is 12.5. The molecule has 0 atom stereocenters. The Kier molecular flexibility index (Phi) is 4.93. The van der Waals surface area contributed by atoms with Crippen molar-refractivity contribution in [1.29, 1.82) is 0 Å². The lowest BCUT2D eigenvalue weighted by Gasteiger charge is -2.08. The lowest BCUT2D eigenvalue weighted by atomic mass is 10.2. The van der Waals surface area contributed by atoms with Crippen LogP contribution in [0.15, 0.2) is 27.1 Å². The topological polar surface area (TPSA) is 60.2 Å². The fourth-order valence-corrected chi connectivity index (χ4v) is 1.99. The Morgan fingerprint density at radius 3 is 2.79 bits per heavy atom. The molecule has 0 amide bonds. The van der Waals surface area contributed by atoms with Gasteiger partial charge in [0.25, 0.3) is 5.89 Å². The number of ether oxygens (including phenoxy) is 1. The van der Waals surface area contributed by atoms with Gasteiger partial charge in [0, 0.05) is 17.4 Å². The molecule has 1 heterocycles. The van der Waals surface area contributed by atoms with Gasteiger partial charge >= 0.3 is 0 Å². The van der Waals surface area contributed by atoms with Crippen LogP contribution in [0.2, 0.25) is 0 Å². The Morgan fingerprint density at radius 1 is 1.32 bits per heavy atom. The minimum absolute atomic E-state index is 0.285. The van der Waals surface area contributed by atoms with E-state index in [0.29, 0.717) is 11.8 Å². The smallest absolute Gasteiger partial charge is 0.253 e. The second-order valence-electron chi connectivity index (χ2n) is 4.02. The Morgan fingerprint density at radius 2 is 2.11 bits per heavy atom. The maximum atomic E-state index is 5.65. The third-order valence-corrected chi connectivity index (χ3v) is 3.33. The fourth-order valence-electron chi connectivity index (χ4n) is 1.60. The molecule has 102 valence electrons. The highest BCUT2D eigenvalue weighted by atomic mass is 79.9. The summed E-state index contributed by atoms with van der Waals surface area (Å²) < 4.78 is 12.1. The summed E-state index contributed by atoms with van der Waals surface area (Å²) in [5.41, 5.74) is 1.14. The Hall–Kier alpha value is -1.40. The molecule has 0 unspecified atom stereocenters. The molecule has 0 radical (unpaired) electrons. The number of aromatic nitrogens is 2. The zero-order chi connectivity index (χ0) is 13.7. The summed E-state index contributed by atoms with van der Waals surface area (Å²) in [6.07, 6.45) is 0.734. The highest BCUT2D eigenvalue weighted by Crippen LogP contribution is 2.23. The molecule has 19 heavy (non-hydrogen) atoms. The third kappa shape index (κ3) is 3.78. The maximum absolute atomic E-state index is 5.65. The number of benzene rings is 1. The van der Waals surface area contributed by atoms with Gasteiger partial charge in [-0.05, 0) is 30.8 Å². The molecule has 0 aliphatic carbocycles. The van der Waals surface area contributed by atoms with Crippen LogP contribution < -0.4 is 10.1 Å². The van der Waals surface area contributed by atoms with Crippen molar-refractivity contribution in [2.45, 2.75) is 26.5 Å². The van der Waals surface area contributed by atoms with Crippen LogP contribution in [0.3, 0.4) is 0 Å². The van der Waals surface area contributed by atoms with Gasteiger partial charge in [0.2, 0.25) is 5.89 Å². The lowest BCUT2D eigenvalue weighted by molar-refractivity contribution is 0.259. The first-order valence-electron chi connectivity index (χ1n) is 6.10. The van der Waals surface area contributed by atoms with Crippen molar-refractivity contribution in [1.82, 2.24) is 15.5 Å². The van der Waals surface area contributed by atoms with Crippen LogP contribution in [0.25, 0.3) is 0 Å². The van der Waals surface area contributed by atoms with E-state index < -0.39 is 0 Å². The SMILES string of the molecule is CCc1nnc(COc2ccc(Br)c(CNC)c2)o1. The van der Waals surface area contributed by atoms with Crippen molar-refractivity contribution in [3.05, 3.63) is 40.0 Å². The summed E-state index contributed by atoms with van der Waals surface area (Å²) in [5, 5.41) is 10.9. The Labute approximate surface area is 120 Å². The summed E-state index contributed by atoms with van der Waals surface area (Å²) in [6.45, 7) is 3.03. The summed E-state index contributed by atoms with van der Waals surface area (Å²) in [6, 6.07) is 5.85. The highest BCUT2D eigenvalue weighted by Gasteiger charge is 2.06. The van der Waals surface area contributed by atoms with E-state index in [1.165, 1.54) is 0 Å². The first-order chi connectivity index (χ1) is 9.22. The molecule has 0 aliphatic heterocycles. The molecular formula is C13H16BrN3O2. The van der Waals surface area contributed by atoms with Crippen molar-refractivity contribution >= 4 is 15.9 Å². The molecule has 0 bridgehead atoms. The number of nitrogens with zero attached hydrogens (tertiary/aromatic N) is 2. The molecule has 1 aromatic carbocycles. The van der Waals surface area contributed by atoms with Crippen LogP contribution in [-0.2, 0) is 19.6 Å². The fraction of sp³-hybridized carbons (Fsp3) is 0.385. The zero-order valence-electron chi connectivity index (χ0n) is 10.9. The average molecular weight is 326 g/mol. The van der Waals surface area contributed by atoms with Gasteiger partial charge in [-0.1, -0.05) is 22.9 Å². The van der Waals surface area contributed by atoms with Gasteiger partial charge in [-0.3, -0.25) is 0 Å². The molecule has 1 N–H and O–H groups in total. The van der Waals surface area contributed by atoms with Crippen LogP contribution in [-0.4, -0.2) is 17.2 Å². The third-order valence-electron chi connectivity index (χ3n) is 2.56. The molecule has 0 saturated carbocycles. The van der Waals surface area contributed by atoms with Crippen LogP contribution >= 0.6 is 15.9 Å². The van der Waals surface area contributed by atoms with Gasteiger partial charge in [-0.2, -0.15) is 0 Å². The second kappa shape index (κ2) is 6.68. The number of rotatable bonds is 6. The number of hydrogen-bond acceptors (Lipinski definition) is 5. The molecule has 0 spiro atoms. The van der Waals surface area contributed by atoms with Crippen LogP contribution in [0.1, 0.15) is 24.3 Å². The van der Waals surface area contributed by atoms with E-state index in [9.17, 15) is 0 Å². The molecular weight excluding hydrogens is 310 g/mol. The van der Waals surface area contributed by atoms with Gasteiger partial charge in [-0.25, -0.2) is 0 Å². The summed E-state index contributed by atoms with van der Waals surface area (Å²) >= 11 is 3.50. The molecule has 2 rings (SSSR count). The van der Waals surface area contributed by atoms with Gasteiger partial charge in [-0.15, -0.1) is 10.2 Å². The lowest BCUT2D eigenvalue weighted by Crippen LogP contribution is -2.06. The van der Waals surface area contributed by atoms with E-state index in [0.717, 1.165) is 28.8 Å². The Balaban J connectivity index is 2.00. The number of hydrogen-bond donors (Lipinski definition) is 1. The predicted octanol–water partition coefficient (Wildman–Crippen LogP) is 2.69. The van der Waals surface area contributed by atoms with E-state index in [4.69, 9.17) is 9.15 Å². The van der Waals surface area contributed by atoms with Crippen molar-refractivity contribution in [2.75, 3.05) is 7.05 Å². The first-order valence-corrected chi connectivity index (χ1v) is 6.89. The standard InChI is InChI=1S/C13H16BrN3O2/c1-3-12-16-17-13(19-12)8-18-10-4-5-11(14)9(6-10)7-15-2/h4-6,15H,3,7-8H2,1-2H3. The minimum atomic E-state index is 0.285. The van der Waals surface area contributed by atoms with E-state index in [2.05, 4.69) is 31.4 Å². The Bertz CT molecular complexity index is 542. The summed E-state index contributed by atoms with van der Waals surface area (Å²) in [4.78, 5) is 0. The van der Waals surface area contributed by atoms with Gasteiger partial charge in [0.05, 0.1) is 0 Å². The second-order valence-corrected chi connectivity index (χ2v) is 4.87. The molecule has 0 fully saturated rings.